The molecule has 28 heavy (non-hydrogen) atoms. The zero-order valence-electron chi connectivity index (χ0n) is 16.2. The Hall–Kier alpha value is -2.55. The Morgan fingerprint density at radius 2 is 1.61 bits per heavy atom. The van der Waals surface area contributed by atoms with E-state index in [9.17, 15) is 5.11 Å². The van der Waals surface area contributed by atoms with Crippen molar-refractivity contribution in [3.63, 3.8) is 0 Å². The second-order valence-electron chi connectivity index (χ2n) is 7.65. The van der Waals surface area contributed by atoms with Gasteiger partial charge in [-0.3, -0.25) is 0 Å². The molecule has 0 heterocycles. The summed E-state index contributed by atoms with van der Waals surface area (Å²) in [6, 6.07) is 22.3. The van der Waals surface area contributed by atoms with Crippen LogP contribution in [0.5, 0.6) is 5.75 Å². The maximum Gasteiger partial charge on any atom is 0.116 e. The summed E-state index contributed by atoms with van der Waals surface area (Å²) >= 11 is 6.04. The first-order valence-electron chi connectivity index (χ1n) is 9.56. The quantitative estimate of drug-likeness (QED) is 0.589. The average Bonchev–Trinajstić information content (AvgIpc) is 2.67. The lowest BCUT2D eigenvalue weighted by Gasteiger charge is -2.26. The van der Waals surface area contributed by atoms with E-state index >= 15 is 0 Å². The lowest BCUT2D eigenvalue weighted by molar-refractivity contribution is 0.439. The molecule has 4 rings (SSSR count). The van der Waals surface area contributed by atoms with E-state index in [-0.39, 0.29) is 0 Å². The second kappa shape index (κ2) is 7.83. The molecule has 0 amide bonds. The van der Waals surface area contributed by atoms with Crippen LogP contribution < -0.4 is 0 Å². The number of phenolic OH excluding ortho intramolecular Hbond substituents is 1. The van der Waals surface area contributed by atoms with Gasteiger partial charge in [0.15, 0.2) is 0 Å². The van der Waals surface area contributed by atoms with Crippen LogP contribution >= 0.6 is 11.6 Å². The highest BCUT2D eigenvalue weighted by molar-refractivity contribution is 6.30. The molecule has 0 unspecified atom stereocenters. The summed E-state index contributed by atoms with van der Waals surface area (Å²) in [6.45, 7) is 0.920. The zero-order valence-corrected chi connectivity index (χ0v) is 17.0. The fourth-order valence-corrected chi connectivity index (χ4v) is 4.15. The van der Waals surface area contributed by atoms with Crippen LogP contribution in [0.1, 0.15) is 23.1 Å². The van der Waals surface area contributed by atoms with E-state index in [1.54, 1.807) is 6.07 Å². The number of phenols is 1. The smallest absolute Gasteiger partial charge is 0.116 e. The number of fused-ring (bicyclic) bond motifs is 1. The van der Waals surface area contributed by atoms with Gasteiger partial charge < -0.3 is 10.0 Å². The Kier molecular flexibility index (Phi) is 5.25. The molecule has 1 N–H and O–H groups in total. The number of nitrogens with zero attached hydrogens (tertiary/aromatic N) is 1. The van der Waals surface area contributed by atoms with Crippen LogP contribution in [0, 0.1) is 0 Å². The van der Waals surface area contributed by atoms with Gasteiger partial charge in [0, 0.05) is 11.6 Å². The molecule has 1 aliphatic carbocycles. The number of benzene rings is 3. The summed E-state index contributed by atoms with van der Waals surface area (Å²) in [4.78, 5) is 2.21. The zero-order chi connectivity index (χ0) is 19.7. The van der Waals surface area contributed by atoms with Crippen molar-refractivity contribution in [3.05, 3.63) is 94.0 Å². The van der Waals surface area contributed by atoms with Crippen LogP contribution in [0.3, 0.4) is 0 Å². The normalized spacial score (nSPS) is 13.7. The molecule has 0 spiro atoms. The van der Waals surface area contributed by atoms with E-state index in [4.69, 9.17) is 11.6 Å². The van der Waals surface area contributed by atoms with Gasteiger partial charge in [-0.25, -0.2) is 0 Å². The third-order valence-corrected chi connectivity index (χ3v) is 5.50. The summed E-state index contributed by atoms with van der Waals surface area (Å²) in [5.74, 6) is 0.305. The van der Waals surface area contributed by atoms with Crippen LogP contribution in [0.15, 0.2) is 72.3 Å². The molecule has 3 heteroatoms. The molecule has 0 aromatic heterocycles. The Bertz CT molecular complexity index is 1030. The van der Waals surface area contributed by atoms with Crippen molar-refractivity contribution < 1.29 is 5.11 Å². The first-order chi connectivity index (χ1) is 13.5. The maximum atomic E-state index is 10.0. The summed E-state index contributed by atoms with van der Waals surface area (Å²) in [5.41, 5.74) is 8.77. The van der Waals surface area contributed by atoms with Crippen molar-refractivity contribution >= 4 is 17.2 Å². The summed E-state index contributed by atoms with van der Waals surface area (Å²) < 4.78 is 0. The van der Waals surface area contributed by atoms with Crippen LogP contribution in [-0.2, 0) is 6.42 Å². The first-order valence-corrected chi connectivity index (χ1v) is 9.94. The molecule has 0 radical (unpaired) electrons. The number of likely N-dealkylation sites (N-methyl/N-ethyl adjacent to an activating group) is 1. The highest BCUT2D eigenvalue weighted by Gasteiger charge is 2.21. The second-order valence-corrected chi connectivity index (χ2v) is 8.08. The summed E-state index contributed by atoms with van der Waals surface area (Å²) in [5, 5.41) is 10.8. The highest BCUT2D eigenvalue weighted by Crippen LogP contribution is 2.39. The summed E-state index contributed by atoms with van der Waals surface area (Å²) in [7, 11) is 4.21. The number of aryl methyl sites for hydroxylation is 1. The highest BCUT2D eigenvalue weighted by atomic mass is 35.5. The Morgan fingerprint density at radius 3 is 2.32 bits per heavy atom. The van der Waals surface area contributed by atoms with Gasteiger partial charge in [-0.05, 0) is 90.2 Å². The molecule has 1 aliphatic rings. The van der Waals surface area contributed by atoms with E-state index in [0.29, 0.717) is 5.75 Å². The fourth-order valence-electron chi connectivity index (χ4n) is 4.03. The van der Waals surface area contributed by atoms with Crippen LogP contribution in [-0.4, -0.2) is 30.6 Å². The van der Waals surface area contributed by atoms with E-state index in [0.717, 1.165) is 30.0 Å². The third-order valence-electron chi connectivity index (χ3n) is 5.24. The van der Waals surface area contributed by atoms with Crippen LogP contribution in [0.2, 0.25) is 5.02 Å². The number of aromatic hydroxyl groups is 1. The van der Waals surface area contributed by atoms with E-state index in [1.165, 1.54) is 33.4 Å². The number of halogens is 1. The molecule has 0 atom stereocenters. The fraction of sp³-hybridized carbons (Fsp3) is 0.200. The molecule has 0 saturated heterocycles. The van der Waals surface area contributed by atoms with Crippen molar-refractivity contribution in [1.82, 2.24) is 4.90 Å². The minimum atomic E-state index is 0.305. The third kappa shape index (κ3) is 3.84. The SMILES string of the molecule is CN(C)CC1=C(c2cccc(O)c2)c2ccc(-c3ccc(Cl)cc3)cc2CC1. The Balaban J connectivity index is 1.83. The van der Waals surface area contributed by atoms with Crippen molar-refractivity contribution in [3.8, 4) is 16.9 Å². The van der Waals surface area contributed by atoms with Gasteiger partial charge in [0.1, 0.15) is 5.75 Å². The predicted molar refractivity (Wildman–Crippen MR) is 118 cm³/mol. The Labute approximate surface area is 171 Å². The van der Waals surface area contributed by atoms with E-state index in [1.807, 2.05) is 24.3 Å². The Morgan fingerprint density at radius 1 is 0.857 bits per heavy atom. The van der Waals surface area contributed by atoms with Gasteiger partial charge in [-0.1, -0.05) is 54.1 Å². The van der Waals surface area contributed by atoms with Gasteiger partial charge in [-0.2, -0.15) is 0 Å². The number of hydrogen-bond acceptors (Lipinski definition) is 2. The largest absolute Gasteiger partial charge is 0.508 e. The van der Waals surface area contributed by atoms with Crippen molar-refractivity contribution in [2.75, 3.05) is 20.6 Å². The van der Waals surface area contributed by atoms with Crippen molar-refractivity contribution in [2.24, 2.45) is 0 Å². The first kappa shape index (κ1) is 18.8. The molecule has 142 valence electrons. The standard InChI is InChI=1S/C25H24ClNO/c1-27(2)16-21-7-6-19-14-18(17-8-11-22(26)12-9-17)10-13-24(19)25(21)20-4-3-5-23(28)15-20/h3-5,8-15,28H,6-7,16H2,1-2H3. The topological polar surface area (TPSA) is 23.5 Å². The van der Waals surface area contributed by atoms with Gasteiger partial charge in [0.05, 0.1) is 0 Å². The molecular formula is C25H24ClNO. The molecule has 2 nitrogen and oxygen atoms in total. The number of rotatable bonds is 4. The molecule has 0 aliphatic heterocycles. The van der Waals surface area contributed by atoms with E-state index < -0.39 is 0 Å². The van der Waals surface area contributed by atoms with Crippen LogP contribution in [0.25, 0.3) is 16.7 Å². The number of hydrogen-bond donors (Lipinski definition) is 1. The van der Waals surface area contributed by atoms with Gasteiger partial charge in [-0.15, -0.1) is 0 Å². The average molecular weight is 390 g/mol. The summed E-state index contributed by atoms with van der Waals surface area (Å²) in [6.07, 6.45) is 2.06. The predicted octanol–water partition coefficient (Wildman–Crippen LogP) is 6.02. The van der Waals surface area contributed by atoms with Gasteiger partial charge >= 0.3 is 0 Å². The molecule has 0 bridgehead atoms. The molecule has 0 saturated carbocycles. The molecule has 3 aromatic rings. The van der Waals surface area contributed by atoms with Crippen LogP contribution in [0.4, 0.5) is 0 Å². The lowest BCUT2D eigenvalue weighted by atomic mass is 9.81. The monoisotopic (exact) mass is 389 g/mol. The lowest BCUT2D eigenvalue weighted by Crippen LogP contribution is -2.19. The molecule has 0 fully saturated rings. The van der Waals surface area contributed by atoms with Crippen molar-refractivity contribution in [2.45, 2.75) is 12.8 Å². The maximum absolute atomic E-state index is 10.0. The minimum Gasteiger partial charge on any atom is -0.508 e. The minimum absolute atomic E-state index is 0.305. The molecule has 3 aromatic carbocycles. The van der Waals surface area contributed by atoms with E-state index in [2.05, 4.69) is 55.4 Å². The van der Waals surface area contributed by atoms with Gasteiger partial charge in [0.25, 0.3) is 0 Å². The van der Waals surface area contributed by atoms with Crippen molar-refractivity contribution in [1.29, 1.82) is 0 Å². The van der Waals surface area contributed by atoms with Gasteiger partial charge in [0.2, 0.25) is 0 Å². The molecular weight excluding hydrogens is 366 g/mol.